The highest BCUT2D eigenvalue weighted by molar-refractivity contribution is 5.67. The van der Waals surface area contributed by atoms with Crippen LogP contribution in [-0.4, -0.2) is 33.8 Å². The van der Waals surface area contributed by atoms with Crippen LogP contribution in [0.25, 0.3) is 0 Å². The fraction of sp³-hybridized carbons (Fsp3) is 0.667. The van der Waals surface area contributed by atoms with Gasteiger partial charge in [0.1, 0.15) is 0 Å². The molecule has 0 saturated carbocycles. The number of carboxylic acids is 1. The zero-order valence-corrected chi connectivity index (χ0v) is 12.8. The molecule has 0 spiro atoms. The number of carboxylic acid groups (broad SMARTS) is 1. The molecule has 0 aromatic carbocycles. The van der Waals surface area contributed by atoms with E-state index in [4.69, 9.17) is 9.84 Å². The number of hydrogen-bond donors (Lipinski definition) is 1. The molecule has 21 heavy (non-hydrogen) atoms. The van der Waals surface area contributed by atoms with Gasteiger partial charge in [0, 0.05) is 36.4 Å². The van der Waals surface area contributed by atoms with Crippen LogP contribution < -0.4 is 5.69 Å². The Morgan fingerprint density at radius 2 is 2.24 bits per heavy atom. The SMILES string of the molecule is Cc1nc(=O)n(C(C)C2CCOC2)c(C)c1CCC(=O)O. The van der Waals surface area contributed by atoms with E-state index in [9.17, 15) is 9.59 Å². The number of nitrogens with zero attached hydrogens (tertiary/aromatic N) is 2. The van der Waals surface area contributed by atoms with E-state index >= 15 is 0 Å². The first-order valence-corrected chi connectivity index (χ1v) is 7.30. The molecule has 6 heteroatoms. The predicted molar refractivity (Wildman–Crippen MR) is 77.6 cm³/mol. The van der Waals surface area contributed by atoms with Crippen LogP contribution in [-0.2, 0) is 16.0 Å². The Morgan fingerprint density at radius 3 is 2.81 bits per heavy atom. The van der Waals surface area contributed by atoms with Crippen molar-refractivity contribution < 1.29 is 14.6 Å². The molecule has 0 amide bonds. The van der Waals surface area contributed by atoms with Gasteiger partial charge < -0.3 is 9.84 Å². The van der Waals surface area contributed by atoms with Gasteiger partial charge in [-0.25, -0.2) is 4.79 Å². The summed E-state index contributed by atoms with van der Waals surface area (Å²) in [5.74, 6) is -0.540. The van der Waals surface area contributed by atoms with Crippen molar-refractivity contribution in [2.24, 2.45) is 5.92 Å². The topological polar surface area (TPSA) is 81.4 Å². The maximum atomic E-state index is 12.2. The minimum absolute atomic E-state index is 0.0108. The molecule has 1 fully saturated rings. The van der Waals surface area contributed by atoms with Crippen molar-refractivity contribution in [2.45, 2.75) is 46.1 Å². The lowest BCUT2D eigenvalue weighted by atomic mass is 9.99. The highest BCUT2D eigenvalue weighted by Gasteiger charge is 2.26. The summed E-state index contributed by atoms with van der Waals surface area (Å²) in [6.45, 7) is 7.03. The molecule has 1 aliphatic heterocycles. The first-order chi connectivity index (χ1) is 9.91. The zero-order valence-electron chi connectivity index (χ0n) is 12.8. The van der Waals surface area contributed by atoms with Gasteiger partial charge in [-0.1, -0.05) is 0 Å². The van der Waals surface area contributed by atoms with Crippen LogP contribution in [0.3, 0.4) is 0 Å². The number of aliphatic carboxylic acids is 1. The number of rotatable bonds is 5. The van der Waals surface area contributed by atoms with E-state index in [1.165, 1.54) is 0 Å². The third-order valence-electron chi connectivity index (χ3n) is 4.35. The van der Waals surface area contributed by atoms with E-state index in [0.29, 0.717) is 24.6 Å². The van der Waals surface area contributed by atoms with Gasteiger partial charge in [-0.3, -0.25) is 9.36 Å². The van der Waals surface area contributed by atoms with Gasteiger partial charge in [-0.2, -0.15) is 4.98 Å². The van der Waals surface area contributed by atoms with Gasteiger partial charge in [0.25, 0.3) is 0 Å². The van der Waals surface area contributed by atoms with E-state index in [2.05, 4.69) is 4.98 Å². The average Bonchev–Trinajstić information content (AvgIpc) is 2.91. The zero-order chi connectivity index (χ0) is 15.6. The number of ether oxygens (including phenoxy) is 1. The molecule has 2 unspecified atom stereocenters. The van der Waals surface area contributed by atoms with Gasteiger partial charge >= 0.3 is 11.7 Å². The van der Waals surface area contributed by atoms with Gasteiger partial charge in [-0.15, -0.1) is 0 Å². The monoisotopic (exact) mass is 294 g/mol. The molecular formula is C15H22N2O4. The third kappa shape index (κ3) is 3.32. The molecule has 116 valence electrons. The van der Waals surface area contributed by atoms with Crippen LogP contribution in [0.4, 0.5) is 0 Å². The number of hydrogen-bond acceptors (Lipinski definition) is 4. The Labute approximate surface area is 123 Å². The summed E-state index contributed by atoms with van der Waals surface area (Å²) < 4.78 is 7.10. The molecule has 0 aliphatic carbocycles. The molecule has 2 rings (SSSR count). The van der Waals surface area contributed by atoms with Crippen molar-refractivity contribution in [3.05, 3.63) is 27.4 Å². The highest BCUT2D eigenvalue weighted by atomic mass is 16.5. The quantitative estimate of drug-likeness (QED) is 0.889. The lowest BCUT2D eigenvalue weighted by Crippen LogP contribution is -2.33. The van der Waals surface area contributed by atoms with Gasteiger partial charge in [0.05, 0.1) is 6.61 Å². The van der Waals surface area contributed by atoms with Crippen molar-refractivity contribution in [2.75, 3.05) is 13.2 Å². The standard InChI is InChI=1S/C15H22N2O4/c1-9-13(4-5-14(18)19)11(3)17(15(20)16-9)10(2)12-6-7-21-8-12/h10,12H,4-8H2,1-3H3,(H,18,19). The van der Waals surface area contributed by atoms with Crippen LogP contribution in [0.2, 0.25) is 0 Å². The van der Waals surface area contributed by atoms with Crippen molar-refractivity contribution in [1.29, 1.82) is 0 Å². The molecule has 1 saturated heterocycles. The third-order valence-corrected chi connectivity index (χ3v) is 4.35. The molecule has 1 aliphatic rings. The maximum Gasteiger partial charge on any atom is 0.348 e. The summed E-state index contributed by atoms with van der Waals surface area (Å²) in [6, 6.07) is 0.0108. The lowest BCUT2D eigenvalue weighted by molar-refractivity contribution is -0.136. The van der Waals surface area contributed by atoms with E-state index in [1.807, 2.05) is 13.8 Å². The minimum Gasteiger partial charge on any atom is -0.481 e. The molecule has 0 radical (unpaired) electrons. The average molecular weight is 294 g/mol. The van der Waals surface area contributed by atoms with Crippen molar-refractivity contribution in [3.8, 4) is 0 Å². The van der Waals surface area contributed by atoms with Gasteiger partial charge in [-0.05, 0) is 39.2 Å². The second kappa shape index (κ2) is 6.39. The summed E-state index contributed by atoms with van der Waals surface area (Å²) >= 11 is 0. The first-order valence-electron chi connectivity index (χ1n) is 7.30. The van der Waals surface area contributed by atoms with Crippen molar-refractivity contribution in [1.82, 2.24) is 9.55 Å². The summed E-state index contributed by atoms with van der Waals surface area (Å²) in [5, 5.41) is 8.86. The summed E-state index contributed by atoms with van der Waals surface area (Å²) in [4.78, 5) is 27.1. The Morgan fingerprint density at radius 1 is 1.52 bits per heavy atom. The van der Waals surface area contributed by atoms with Gasteiger partial charge in [0.15, 0.2) is 0 Å². The first kappa shape index (κ1) is 15.7. The van der Waals surface area contributed by atoms with Crippen molar-refractivity contribution in [3.63, 3.8) is 0 Å². The molecule has 1 N–H and O–H groups in total. The Kier molecular flexibility index (Phi) is 4.77. The van der Waals surface area contributed by atoms with Crippen LogP contribution in [0.5, 0.6) is 0 Å². The maximum absolute atomic E-state index is 12.2. The van der Waals surface area contributed by atoms with Crippen LogP contribution in [0.1, 0.15) is 42.8 Å². The lowest BCUT2D eigenvalue weighted by Gasteiger charge is -2.24. The fourth-order valence-corrected chi connectivity index (χ4v) is 3.03. The molecular weight excluding hydrogens is 272 g/mol. The largest absolute Gasteiger partial charge is 0.481 e. The number of aryl methyl sites for hydroxylation is 1. The summed E-state index contributed by atoms with van der Waals surface area (Å²) in [6.07, 6.45) is 1.38. The smallest absolute Gasteiger partial charge is 0.348 e. The number of carbonyl (C=O) groups is 1. The van der Waals surface area contributed by atoms with E-state index in [1.54, 1.807) is 11.5 Å². The van der Waals surface area contributed by atoms with Crippen LogP contribution in [0.15, 0.2) is 4.79 Å². The molecule has 2 heterocycles. The Balaban J connectivity index is 2.38. The normalized spacial score (nSPS) is 19.7. The molecule has 6 nitrogen and oxygen atoms in total. The molecule has 2 atom stereocenters. The second-order valence-electron chi connectivity index (χ2n) is 5.67. The summed E-state index contributed by atoms with van der Waals surface area (Å²) in [5.41, 5.74) is 2.06. The second-order valence-corrected chi connectivity index (χ2v) is 5.67. The predicted octanol–water partition coefficient (Wildman–Crippen LogP) is 1.47. The van der Waals surface area contributed by atoms with Crippen molar-refractivity contribution >= 4 is 5.97 Å². The Hall–Kier alpha value is -1.69. The van der Waals surface area contributed by atoms with E-state index in [-0.39, 0.29) is 18.2 Å². The summed E-state index contributed by atoms with van der Waals surface area (Å²) in [7, 11) is 0. The van der Waals surface area contributed by atoms with Crippen LogP contribution in [0, 0.1) is 19.8 Å². The molecule has 1 aromatic rings. The highest BCUT2D eigenvalue weighted by Crippen LogP contribution is 2.27. The minimum atomic E-state index is -0.844. The molecule has 1 aromatic heterocycles. The fourth-order valence-electron chi connectivity index (χ4n) is 3.03. The number of aromatic nitrogens is 2. The van der Waals surface area contributed by atoms with Gasteiger partial charge in [0.2, 0.25) is 0 Å². The van der Waals surface area contributed by atoms with Crippen LogP contribution >= 0.6 is 0 Å². The molecule has 0 bridgehead atoms. The van der Waals surface area contributed by atoms with E-state index < -0.39 is 5.97 Å². The van der Waals surface area contributed by atoms with E-state index in [0.717, 1.165) is 24.3 Å². The Bertz CT molecular complexity index is 588.